The summed E-state index contributed by atoms with van der Waals surface area (Å²) in [6, 6.07) is 8.53. The molecule has 0 saturated carbocycles. The average molecular weight is 1050 g/mol. The Kier molecular flexibility index (Phi) is 19.8. The zero-order chi connectivity index (χ0) is 45.2. The third kappa shape index (κ3) is 10.4. The molecule has 0 nitrogen and oxygen atoms in total. The molecular formula is C51H87Cl3Si7Ti. The van der Waals surface area contributed by atoms with Crippen molar-refractivity contribution in [2.24, 2.45) is 0 Å². The fourth-order valence-corrected chi connectivity index (χ4v) is 42.3. The molecule has 1 unspecified atom stereocenters. The first kappa shape index (κ1) is 62.2. The molecule has 0 N–H and O–H groups in total. The molecule has 3 aromatic carbocycles. The van der Waals surface area contributed by atoms with Crippen molar-refractivity contribution in [2.75, 3.05) is 0 Å². The van der Waals surface area contributed by atoms with Gasteiger partial charge < -0.3 is 37.2 Å². The molecule has 1 aliphatic carbocycles. The maximum Gasteiger partial charge on any atom is 4.00 e. The second-order valence-corrected chi connectivity index (χ2v) is 59.3. The van der Waals surface area contributed by atoms with Crippen molar-refractivity contribution in [3.63, 3.8) is 0 Å². The van der Waals surface area contributed by atoms with E-state index in [-0.39, 0.29) is 64.0 Å². The second-order valence-electron chi connectivity index (χ2n) is 25.2. The van der Waals surface area contributed by atoms with E-state index in [0.29, 0.717) is 0 Å². The molecule has 1 atom stereocenters. The van der Waals surface area contributed by atoms with Crippen molar-refractivity contribution >= 4 is 103 Å². The number of hydrogen-bond donors (Lipinski definition) is 0. The summed E-state index contributed by atoms with van der Waals surface area (Å²) in [6.45, 7) is 73.0. The van der Waals surface area contributed by atoms with Crippen molar-refractivity contribution in [3.8, 4) is 0 Å². The molecule has 1 aliphatic rings. The van der Waals surface area contributed by atoms with Crippen LogP contribution in [0, 0.1) is 47.6 Å². The smallest absolute Gasteiger partial charge is 1.00 e. The van der Waals surface area contributed by atoms with Gasteiger partial charge in [-0.25, -0.2) is 5.57 Å². The number of halogens is 3. The molecule has 0 spiro atoms. The number of aryl methyl sites for hydroxylation is 3. The van der Waals surface area contributed by atoms with Gasteiger partial charge in [-0.1, -0.05) is 209 Å². The van der Waals surface area contributed by atoms with Crippen LogP contribution in [0.1, 0.15) is 61.1 Å². The normalized spacial score (nSPS) is 16.6. The number of hydrogen-bond acceptors (Lipinski definition) is 0. The van der Waals surface area contributed by atoms with E-state index in [0.717, 1.165) is 0 Å². The third-order valence-corrected chi connectivity index (χ3v) is 33.9. The molecule has 0 aliphatic heterocycles. The van der Waals surface area contributed by atoms with Crippen LogP contribution < -0.4 is 83.9 Å². The van der Waals surface area contributed by atoms with Crippen molar-refractivity contribution < 1.29 is 58.9 Å². The Morgan fingerprint density at radius 1 is 0.371 bits per heavy atom. The monoisotopic (exact) mass is 1050 g/mol. The number of allylic oxidation sites excluding steroid dienone is 4. The molecule has 11 heteroatoms. The molecule has 4 rings (SSSR count). The minimum absolute atomic E-state index is 0. The summed E-state index contributed by atoms with van der Waals surface area (Å²) in [5.74, 6) is 0. The Labute approximate surface area is 424 Å². The van der Waals surface area contributed by atoms with Gasteiger partial charge in [0.2, 0.25) is 0 Å². The van der Waals surface area contributed by atoms with Crippen LogP contribution in [0.15, 0.2) is 34.9 Å². The first-order chi connectivity index (χ1) is 25.7. The number of benzene rings is 3. The van der Waals surface area contributed by atoms with Crippen LogP contribution in [0.3, 0.4) is 0 Å². The largest absolute Gasteiger partial charge is 4.00 e. The van der Waals surface area contributed by atoms with E-state index in [1.165, 1.54) is 27.8 Å². The van der Waals surface area contributed by atoms with Crippen LogP contribution in [0.5, 0.6) is 0 Å². The SMILES string of the molecule is CC1=[C-]C(C)([Si](c2cc(C)c(C)c([Si](C)(C)C)c2[Si](C)(C)C)(c2cc(C)c(C)c([Si](C)(C)C)c2[Si](C)(C)C)c2cc(C)c(C)c([Si](C)(C)C)c2[Si](C)(C)C)C(C)=C1C.[Cl-].[Cl-].[Cl-].[Ti+4]. The molecule has 344 valence electrons. The topological polar surface area (TPSA) is 0 Å². The molecule has 0 fully saturated rings. The molecule has 0 aromatic heterocycles. The molecule has 0 amide bonds. The number of rotatable bonds is 10. The summed E-state index contributed by atoms with van der Waals surface area (Å²) < 4.78 is 0. The van der Waals surface area contributed by atoms with E-state index < -0.39 is 56.5 Å². The van der Waals surface area contributed by atoms with Crippen LogP contribution in [0.4, 0.5) is 0 Å². The average Bonchev–Trinajstić information content (AvgIpc) is 3.20. The van der Waals surface area contributed by atoms with E-state index in [1.807, 2.05) is 15.6 Å². The maximum atomic E-state index is 4.56. The zero-order valence-corrected chi connectivity index (χ0v) is 55.7. The van der Waals surface area contributed by atoms with Crippen molar-refractivity contribution in [2.45, 2.75) is 192 Å². The molecular weight excluding hydrogens is 963 g/mol. The van der Waals surface area contributed by atoms with Crippen LogP contribution in [-0.2, 0) is 21.7 Å². The Morgan fingerprint density at radius 3 is 0.742 bits per heavy atom. The van der Waals surface area contributed by atoms with Crippen molar-refractivity contribution in [3.05, 3.63) is 74.4 Å². The van der Waals surface area contributed by atoms with Gasteiger partial charge in [0, 0.05) is 0 Å². The van der Waals surface area contributed by atoms with Crippen LogP contribution >= 0.6 is 0 Å². The minimum Gasteiger partial charge on any atom is -1.00 e. The van der Waals surface area contributed by atoms with Gasteiger partial charge in [-0.2, -0.15) is 11.1 Å². The summed E-state index contributed by atoms with van der Waals surface area (Å²) in [6.07, 6.45) is 4.56. The Morgan fingerprint density at radius 2 is 0.581 bits per heavy atom. The zero-order valence-electron chi connectivity index (χ0n) is 44.9. The summed E-state index contributed by atoms with van der Waals surface area (Å²) in [4.78, 5) is 0. The van der Waals surface area contributed by atoms with E-state index in [9.17, 15) is 0 Å². The molecule has 0 saturated heterocycles. The molecule has 0 heterocycles. The van der Waals surface area contributed by atoms with Crippen molar-refractivity contribution in [1.82, 2.24) is 0 Å². The quantitative estimate of drug-likeness (QED) is 0.163. The molecule has 0 bridgehead atoms. The molecule has 62 heavy (non-hydrogen) atoms. The summed E-state index contributed by atoms with van der Waals surface area (Å²) in [7, 11) is -14.9. The van der Waals surface area contributed by atoms with Gasteiger partial charge in [0.05, 0.1) is 48.4 Å². The van der Waals surface area contributed by atoms with Crippen LogP contribution in [0.2, 0.25) is 123 Å². The summed E-state index contributed by atoms with van der Waals surface area (Å²) in [5.41, 5.74) is 13.6. The fourth-order valence-electron chi connectivity index (χ4n) is 11.6. The molecule has 0 radical (unpaired) electrons. The van der Waals surface area contributed by atoms with Gasteiger partial charge >= 0.3 is 21.7 Å². The Balaban J connectivity index is 0.00000930. The Hall–Kier alpha value is 0.242. The van der Waals surface area contributed by atoms with Crippen molar-refractivity contribution in [1.29, 1.82) is 0 Å². The fraction of sp³-hybridized carbons (Fsp3) is 0.569. The predicted molar refractivity (Wildman–Crippen MR) is 289 cm³/mol. The van der Waals surface area contributed by atoms with Gasteiger partial charge in [-0.15, -0.1) is 6.92 Å². The minimum atomic E-state index is -3.24. The van der Waals surface area contributed by atoms with Crippen LogP contribution in [-0.4, -0.2) is 56.5 Å². The summed E-state index contributed by atoms with van der Waals surface area (Å²) in [5, 5.41) is 15.7. The predicted octanol–water partition coefficient (Wildman–Crippen LogP) is 1.15. The van der Waals surface area contributed by atoms with Gasteiger partial charge in [-0.3, -0.25) is 6.08 Å². The van der Waals surface area contributed by atoms with E-state index >= 15 is 0 Å². The van der Waals surface area contributed by atoms with E-state index in [4.69, 9.17) is 0 Å². The van der Waals surface area contributed by atoms with E-state index in [1.54, 1.807) is 53.4 Å². The standard InChI is InChI=1S/C51H87Si7.3ClH.Ti/c1-33-29-42(48(55(20,21)22)45(38(33)6)52(11,12)13)58(51(10)32-36(4)37(5)41(51)9,43-30-34(2)39(7)46(53(14,15)16)49(43)56(23,24)25)44-31-35(3)40(8)47(54(17,18)19)50(44)57(26,27)28;;;;/h29-31H,1-28H3;3*1H;/q-1;;;;+4/p-3. The summed E-state index contributed by atoms with van der Waals surface area (Å²) >= 11 is 0. The molecule has 3 aromatic rings. The van der Waals surface area contributed by atoms with Gasteiger partial charge in [-0.05, 0) is 74.9 Å². The van der Waals surface area contributed by atoms with E-state index in [2.05, 4.69) is 211 Å². The van der Waals surface area contributed by atoms with Gasteiger partial charge in [0.25, 0.3) is 0 Å². The first-order valence-electron chi connectivity index (χ1n) is 22.5. The third-order valence-electron chi connectivity index (χ3n) is 14.3. The Bertz CT molecular complexity index is 2040. The van der Waals surface area contributed by atoms with Crippen LogP contribution in [0.25, 0.3) is 0 Å². The second kappa shape index (κ2) is 19.7. The van der Waals surface area contributed by atoms with Gasteiger partial charge in [0.1, 0.15) is 8.07 Å². The van der Waals surface area contributed by atoms with Gasteiger partial charge in [0.15, 0.2) is 0 Å². The first-order valence-corrected chi connectivity index (χ1v) is 45.5. The maximum absolute atomic E-state index is 4.56.